The summed E-state index contributed by atoms with van der Waals surface area (Å²) in [7, 11) is 1.58. The molecule has 0 saturated carbocycles. The average Bonchev–Trinajstić information content (AvgIpc) is 3.11. The van der Waals surface area contributed by atoms with E-state index in [1.807, 2.05) is 30.3 Å². The van der Waals surface area contributed by atoms with Crippen LogP contribution in [0.3, 0.4) is 0 Å². The Morgan fingerprint density at radius 2 is 1.85 bits per heavy atom. The second-order valence-corrected chi connectivity index (χ2v) is 8.27. The number of nitrogens with zero attached hydrogens (tertiary/aromatic N) is 4. The van der Waals surface area contributed by atoms with Gasteiger partial charge in [0.15, 0.2) is 0 Å². The molecule has 9 heteroatoms. The van der Waals surface area contributed by atoms with Gasteiger partial charge in [-0.15, -0.1) is 0 Å². The van der Waals surface area contributed by atoms with E-state index in [0.717, 1.165) is 42.2 Å². The highest BCUT2D eigenvalue weighted by Crippen LogP contribution is 2.18. The zero-order valence-electron chi connectivity index (χ0n) is 18.8. The van der Waals surface area contributed by atoms with E-state index in [2.05, 4.69) is 15.2 Å². The Balaban J connectivity index is 1.24. The van der Waals surface area contributed by atoms with Crippen molar-refractivity contribution >= 4 is 17.8 Å². The highest BCUT2D eigenvalue weighted by molar-refractivity contribution is 6.05. The number of piperazine rings is 1. The predicted molar refractivity (Wildman–Crippen MR) is 121 cm³/mol. The number of amides is 4. The lowest BCUT2D eigenvalue weighted by Crippen LogP contribution is -2.50. The number of methoxy groups -OCH3 is 1. The first kappa shape index (κ1) is 22.7. The molecule has 0 bridgehead atoms. The summed E-state index contributed by atoms with van der Waals surface area (Å²) in [5.41, 5.74) is 1.87. The normalized spacial score (nSPS) is 19.0. The molecule has 1 aromatic carbocycles. The van der Waals surface area contributed by atoms with Gasteiger partial charge in [0, 0.05) is 51.0 Å². The van der Waals surface area contributed by atoms with Gasteiger partial charge >= 0.3 is 6.03 Å². The number of hydrogen-bond donors (Lipinski definition) is 1. The van der Waals surface area contributed by atoms with E-state index in [-0.39, 0.29) is 24.8 Å². The van der Waals surface area contributed by atoms with E-state index in [9.17, 15) is 14.4 Å². The molecule has 0 aliphatic carbocycles. The van der Waals surface area contributed by atoms with Crippen molar-refractivity contribution in [3.63, 3.8) is 0 Å². The maximum atomic E-state index is 12.8. The number of benzene rings is 1. The Morgan fingerprint density at radius 1 is 1.09 bits per heavy atom. The molecule has 1 N–H and O–H groups in total. The summed E-state index contributed by atoms with van der Waals surface area (Å²) in [6, 6.07) is 11.8. The lowest BCUT2D eigenvalue weighted by molar-refractivity contribution is -0.137. The van der Waals surface area contributed by atoms with Crippen molar-refractivity contribution in [2.45, 2.75) is 25.4 Å². The highest BCUT2D eigenvalue weighted by Gasteiger charge is 2.39. The van der Waals surface area contributed by atoms with Crippen LogP contribution in [0.5, 0.6) is 5.75 Å². The van der Waals surface area contributed by atoms with Crippen LogP contribution in [0.2, 0.25) is 0 Å². The van der Waals surface area contributed by atoms with Crippen LogP contribution < -0.4 is 10.1 Å². The number of pyridine rings is 1. The van der Waals surface area contributed by atoms with Crippen molar-refractivity contribution in [1.29, 1.82) is 0 Å². The number of aromatic nitrogens is 1. The minimum absolute atomic E-state index is 0.0162. The summed E-state index contributed by atoms with van der Waals surface area (Å²) >= 11 is 0. The van der Waals surface area contributed by atoms with Crippen molar-refractivity contribution in [3.8, 4) is 5.75 Å². The molecule has 4 rings (SSSR count). The van der Waals surface area contributed by atoms with Crippen LogP contribution in [0.1, 0.15) is 17.7 Å². The molecule has 0 radical (unpaired) electrons. The number of rotatable bonds is 8. The van der Waals surface area contributed by atoms with Gasteiger partial charge in [-0.3, -0.25) is 24.4 Å². The van der Waals surface area contributed by atoms with Gasteiger partial charge in [-0.2, -0.15) is 0 Å². The van der Waals surface area contributed by atoms with Gasteiger partial charge < -0.3 is 15.0 Å². The second-order valence-electron chi connectivity index (χ2n) is 8.27. The van der Waals surface area contributed by atoms with Gasteiger partial charge in [0.1, 0.15) is 11.8 Å². The number of carbonyl (C=O) groups excluding carboxylic acids is 3. The fraction of sp³-hybridized carbons (Fsp3) is 0.417. The van der Waals surface area contributed by atoms with Crippen LogP contribution >= 0.6 is 0 Å². The minimum Gasteiger partial charge on any atom is -0.497 e. The Hall–Kier alpha value is -3.46. The third kappa shape index (κ3) is 5.67. The first-order chi connectivity index (χ1) is 16.0. The lowest BCUT2D eigenvalue weighted by atomic mass is 10.1. The molecule has 1 atom stereocenters. The first-order valence-corrected chi connectivity index (χ1v) is 11.2. The SMILES string of the molecule is COc1ccc(CN2C(=O)N[C@@H](CC(=O)N3CCN(CCc4ccccn4)CC3)C2=O)cc1. The van der Waals surface area contributed by atoms with Gasteiger partial charge in [-0.1, -0.05) is 18.2 Å². The fourth-order valence-electron chi connectivity index (χ4n) is 4.12. The summed E-state index contributed by atoms with van der Waals surface area (Å²) in [6.07, 6.45) is 2.66. The number of nitrogens with one attached hydrogen (secondary N) is 1. The highest BCUT2D eigenvalue weighted by atomic mass is 16.5. The molecule has 2 saturated heterocycles. The van der Waals surface area contributed by atoms with E-state index in [1.54, 1.807) is 30.3 Å². The summed E-state index contributed by atoms with van der Waals surface area (Å²) < 4.78 is 5.13. The van der Waals surface area contributed by atoms with Crippen LogP contribution in [-0.4, -0.2) is 83.4 Å². The summed E-state index contributed by atoms with van der Waals surface area (Å²) in [5, 5.41) is 2.66. The number of carbonyl (C=O) groups is 3. The summed E-state index contributed by atoms with van der Waals surface area (Å²) in [6.45, 7) is 3.86. The Kier molecular flexibility index (Phi) is 7.19. The number of urea groups is 1. The maximum absolute atomic E-state index is 12.8. The monoisotopic (exact) mass is 451 g/mol. The third-order valence-electron chi connectivity index (χ3n) is 6.12. The Bertz CT molecular complexity index is 974. The molecule has 1 aromatic heterocycles. The molecule has 9 nitrogen and oxygen atoms in total. The fourth-order valence-corrected chi connectivity index (χ4v) is 4.12. The van der Waals surface area contributed by atoms with Gasteiger partial charge in [-0.25, -0.2) is 4.79 Å². The largest absolute Gasteiger partial charge is 0.497 e. The molecule has 2 fully saturated rings. The van der Waals surface area contributed by atoms with Crippen LogP contribution in [0.25, 0.3) is 0 Å². The van der Waals surface area contributed by atoms with Gasteiger partial charge in [0.25, 0.3) is 5.91 Å². The van der Waals surface area contributed by atoms with Crippen LogP contribution in [0.4, 0.5) is 4.79 Å². The quantitative estimate of drug-likeness (QED) is 0.608. The molecule has 33 heavy (non-hydrogen) atoms. The molecule has 174 valence electrons. The molecule has 0 spiro atoms. The van der Waals surface area contributed by atoms with Crippen LogP contribution in [0.15, 0.2) is 48.7 Å². The van der Waals surface area contributed by atoms with E-state index in [0.29, 0.717) is 18.8 Å². The first-order valence-electron chi connectivity index (χ1n) is 11.2. The Labute approximate surface area is 193 Å². The van der Waals surface area contributed by atoms with Crippen molar-refractivity contribution in [3.05, 3.63) is 59.9 Å². The van der Waals surface area contributed by atoms with Crippen molar-refractivity contribution in [2.24, 2.45) is 0 Å². The van der Waals surface area contributed by atoms with E-state index in [1.165, 1.54) is 0 Å². The van der Waals surface area contributed by atoms with Crippen molar-refractivity contribution in [2.75, 3.05) is 39.8 Å². The van der Waals surface area contributed by atoms with Crippen molar-refractivity contribution in [1.82, 2.24) is 25.0 Å². The topological polar surface area (TPSA) is 95.1 Å². The lowest BCUT2D eigenvalue weighted by Gasteiger charge is -2.35. The zero-order valence-corrected chi connectivity index (χ0v) is 18.8. The van der Waals surface area contributed by atoms with Crippen LogP contribution in [0, 0.1) is 0 Å². The Morgan fingerprint density at radius 3 is 2.52 bits per heavy atom. The van der Waals surface area contributed by atoms with Gasteiger partial charge in [-0.05, 0) is 29.8 Å². The molecule has 2 aromatic rings. The predicted octanol–water partition coefficient (Wildman–Crippen LogP) is 1.29. The van der Waals surface area contributed by atoms with E-state index >= 15 is 0 Å². The summed E-state index contributed by atoms with van der Waals surface area (Å²) in [5.74, 6) is 0.235. The molecule has 3 heterocycles. The van der Waals surface area contributed by atoms with Gasteiger partial charge in [0.05, 0.1) is 20.1 Å². The molecule has 2 aliphatic heterocycles. The molecular formula is C24H29N5O4. The third-order valence-corrected chi connectivity index (χ3v) is 6.12. The second kappa shape index (κ2) is 10.4. The maximum Gasteiger partial charge on any atom is 0.325 e. The van der Waals surface area contributed by atoms with E-state index in [4.69, 9.17) is 4.74 Å². The smallest absolute Gasteiger partial charge is 0.325 e. The van der Waals surface area contributed by atoms with Gasteiger partial charge in [0.2, 0.25) is 5.91 Å². The summed E-state index contributed by atoms with van der Waals surface area (Å²) in [4.78, 5) is 47.5. The number of imide groups is 1. The molecular weight excluding hydrogens is 422 g/mol. The number of hydrogen-bond acceptors (Lipinski definition) is 6. The van der Waals surface area contributed by atoms with Crippen LogP contribution in [-0.2, 0) is 22.6 Å². The standard InChI is InChI=1S/C24H29N5O4/c1-33-20-7-5-18(6-8-20)17-29-23(31)21(26-24(29)32)16-22(30)28-14-12-27(13-15-28)11-9-19-4-2-3-10-25-19/h2-8,10,21H,9,11-17H2,1H3,(H,26,32)/t21-/m0/s1. The zero-order chi connectivity index (χ0) is 23.2. The molecule has 0 unspecified atom stereocenters. The van der Waals surface area contributed by atoms with E-state index < -0.39 is 12.1 Å². The van der Waals surface area contributed by atoms with Crippen molar-refractivity contribution < 1.29 is 19.1 Å². The average molecular weight is 452 g/mol. The molecule has 4 amide bonds. The number of ether oxygens (including phenoxy) is 1. The molecule has 2 aliphatic rings. The minimum atomic E-state index is -0.814.